The van der Waals surface area contributed by atoms with Crippen LogP contribution in [0.25, 0.3) is 49.7 Å². The smallest absolute Gasteiger partial charge is 0.267 e. The zero-order chi connectivity index (χ0) is 26.9. The Morgan fingerprint density at radius 2 is 1.25 bits per heavy atom. The number of thiazole rings is 1. The van der Waals surface area contributed by atoms with E-state index in [0.717, 1.165) is 49.0 Å². The first kappa shape index (κ1) is 23.9. The fourth-order valence-corrected chi connectivity index (χ4v) is 5.96. The van der Waals surface area contributed by atoms with Gasteiger partial charge in [-0.25, -0.2) is 14.2 Å². The summed E-state index contributed by atoms with van der Waals surface area (Å²) in [6.45, 7) is 0.268. The van der Waals surface area contributed by atoms with Crippen molar-refractivity contribution in [2.75, 3.05) is 0 Å². The molecule has 0 aliphatic heterocycles. The Bertz CT molecular complexity index is 1940. The number of fused-ring (bicyclic) bond motifs is 1. The lowest BCUT2D eigenvalue weighted by Crippen LogP contribution is -2.22. The molecule has 40 heavy (non-hydrogen) atoms. The van der Waals surface area contributed by atoms with Crippen LogP contribution in [-0.2, 0) is 6.54 Å². The minimum atomic E-state index is -0.181. The van der Waals surface area contributed by atoms with E-state index in [-0.39, 0.29) is 12.1 Å². The van der Waals surface area contributed by atoms with Crippen LogP contribution in [0.15, 0.2) is 132 Å². The molecule has 4 aromatic heterocycles. The minimum Gasteiger partial charge on any atom is -0.268 e. The maximum atomic E-state index is 13.1. The van der Waals surface area contributed by atoms with E-state index in [1.807, 2.05) is 95.6 Å². The Balaban J connectivity index is 1.34. The Morgan fingerprint density at radius 3 is 1.95 bits per heavy atom. The highest BCUT2D eigenvalue weighted by molar-refractivity contribution is 7.15. The van der Waals surface area contributed by atoms with Crippen molar-refractivity contribution in [1.29, 1.82) is 0 Å². The molecule has 0 aliphatic rings. The normalized spacial score (nSPS) is 11.2. The lowest BCUT2D eigenvalue weighted by Gasteiger charge is -2.07. The first-order valence-electron chi connectivity index (χ1n) is 13.0. The lowest BCUT2D eigenvalue weighted by atomic mass is 10.0. The van der Waals surface area contributed by atoms with Gasteiger partial charge in [-0.2, -0.15) is 10.2 Å². The van der Waals surface area contributed by atoms with E-state index in [4.69, 9.17) is 15.2 Å². The van der Waals surface area contributed by atoms with Crippen LogP contribution in [0.1, 0.15) is 5.01 Å². The summed E-state index contributed by atoms with van der Waals surface area (Å²) in [6.07, 6.45) is 1.92. The SMILES string of the molecule is O=c1ccc(-c2c(-c3ccccc3)nn3ccccc23)nn1Cc1nc(-c2ccccc2)c(-c2ccccc2)s1. The minimum absolute atomic E-state index is 0.181. The van der Waals surface area contributed by atoms with E-state index in [1.165, 1.54) is 4.68 Å². The van der Waals surface area contributed by atoms with Crippen LogP contribution in [-0.4, -0.2) is 24.4 Å². The monoisotopic (exact) mass is 537 g/mol. The number of nitrogens with zero attached hydrogens (tertiary/aromatic N) is 5. The molecule has 0 saturated heterocycles. The van der Waals surface area contributed by atoms with Crippen molar-refractivity contribution < 1.29 is 0 Å². The summed E-state index contributed by atoms with van der Waals surface area (Å²) in [4.78, 5) is 19.1. The van der Waals surface area contributed by atoms with Crippen LogP contribution in [0.3, 0.4) is 0 Å². The second-order valence-electron chi connectivity index (χ2n) is 9.35. The van der Waals surface area contributed by atoms with Gasteiger partial charge in [0.05, 0.1) is 33.9 Å². The molecular formula is C33H23N5OS. The van der Waals surface area contributed by atoms with E-state index in [0.29, 0.717) is 5.69 Å². The van der Waals surface area contributed by atoms with E-state index in [1.54, 1.807) is 23.5 Å². The predicted octanol–water partition coefficient (Wildman–Crippen LogP) is 7.06. The number of hydrogen-bond donors (Lipinski definition) is 0. The molecule has 0 atom stereocenters. The van der Waals surface area contributed by atoms with Gasteiger partial charge in [-0.1, -0.05) is 97.1 Å². The van der Waals surface area contributed by atoms with E-state index in [9.17, 15) is 4.79 Å². The molecule has 192 valence electrons. The third kappa shape index (κ3) is 4.42. The Morgan fingerprint density at radius 1 is 0.625 bits per heavy atom. The number of benzene rings is 3. The summed E-state index contributed by atoms with van der Waals surface area (Å²) in [6, 6.07) is 39.7. The van der Waals surface area contributed by atoms with Gasteiger partial charge in [0, 0.05) is 23.4 Å². The molecule has 7 heteroatoms. The molecule has 7 rings (SSSR count). The zero-order valence-electron chi connectivity index (χ0n) is 21.4. The standard InChI is InChI=1S/C33H23N5OS/c39-29-20-19-26(30-27-18-10-11-21-37(27)36-31(30)23-12-4-1-5-13-23)35-38(29)22-28-34-32(24-14-6-2-7-15-24)33(40-28)25-16-8-3-9-17-25/h1-21H,22H2. The maximum absolute atomic E-state index is 13.1. The van der Waals surface area contributed by atoms with Crippen LogP contribution in [0, 0.1) is 0 Å². The quantitative estimate of drug-likeness (QED) is 0.228. The molecule has 6 nitrogen and oxygen atoms in total. The average Bonchev–Trinajstić information content (AvgIpc) is 3.62. The van der Waals surface area contributed by atoms with Crippen molar-refractivity contribution in [2.45, 2.75) is 6.54 Å². The summed E-state index contributed by atoms with van der Waals surface area (Å²) in [7, 11) is 0. The van der Waals surface area contributed by atoms with Gasteiger partial charge in [0.2, 0.25) is 0 Å². The van der Waals surface area contributed by atoms with Gasteiger partial charge >= 0.3 is 0 Å². The summed E-state index contributed by atoms with van der Waals surface area (Å²) >= 11 is 1.59. The molecule has 0 radical (unpaired) electrons. The topological polar surface area (TPSA) is 65.1 Å². The molecule has 3 aromatic carbocycles. The number of rotatable bonds is 6. The number of hydrogen-bond acceptors (Lipinski definition) is 5. The van der Waals surface area contributed by atoms with Crippen LogP contribution in [0.4, 0.5) is 0 Å². The van der Waals surface area contributed by atoms with Crippen molar-refractivity contribution in [3.8, 4) is 44.2 Å². The first-order chi connectivity index (χ1) is 19.7. The highest BCUT2D eigenvalue weighted by atomic mass is 32.1. The zero-order valence-corrected chi connectivity index (χ0v) is 22.2. The van der Waals surface area contributed by atoms with Gasteiger partial charge in [-0.15, -0.1) is 11.3 Å². The molecule has 0 aliphatic carbocycles. The Labute approximate surface area is 234 Å². The van der Waals surface area contributed by atoms with Gasteiger partial charge in [-0.05, 0) is 23.8 Å². The van der Waals surface area contributed by atoms with Crippen molar-refractivity contribution in [3.63, 3.8) is 0 Å². The molecule has 4 heterocycles. The summed E-state index contributed by atoms with van der Waals surface area (Å²) in [5.74, 6) is 0. The highest BCUT2D eigenvalue weighted by Gasteiger charge is 2.20. The van der Waals surface area contributed by atoms with E-state index >= 15 is 0 Å². The first-order valence-corrected chi connectivity index (χ1v) is 13.8. The molecule has 0 saturated carbocycles. The second kappa shape index (κ2) is 10.2. The number of aromatic nitrogens is 5. The van der Waals surface area contributed by atoms with Crippen molar-refractivity contribution >= 4 is 16.9 Å². The van der Waals surface area contributed by atoms with Crippen molar-refractivity contribution in [1.82, 2.24) is 24.4 Å². The van der Waals surface area contributed by atoms with E-state index < -0.39 is 0 Å². The molecule has 0 bridgehead atoms. The fourth-order valence-electron chi connectivity index (χ4n) is 4.88. The summed E-state index contributed by atoms with van der Waals surface area (Å²) < 4.78 is 3.35. The van der Waals surface area contributed by atoms with Crippen molar-refractivity contribution in [3.05, 3.63) is 143 Å². The summed E-state index contributed by atoms with van der Waals surface area (Å²) in [5, 5.41) is 10.5. The molecule has 7 aromatic rings. The van der Waals surface area contributed by atoms with Gasteiger partial charge < -0.3 is 0 Å². The fraction of sp³-hybridized carbons (Fsp3) is 0.0303. The second-order valence-corrected chi connectivity index (χ2v) is 10.4. The van der Waals surface area contributed by atoms with E-state index in [2.05, 4.69) is 24.3 Å². The lowest BCUT2D eigenvalue weighted by molar-refractivity contribution is 0.640. The molecular weight excluding hydrogens is 514 g/mol. The maximum Gasteiger partial charge on any atom is 0.267 e. The summed E-state index contributed by atoms with van der Waals surface area (Å²) in [5.41, 5.74) is 7.15. The Hall–Kier alpha value is -5.14. The average molecular weight is 538 g/mol. The third-order valence-electron chi connectivity index (χ3n) is 6.75. The largest absolute Gasteiger partial charge is 0.268 e. The Kier molecular flexibility index (Phi) is 6.11. The van der Waals surface area contributed by atoms with Gasteiger partial charge in [0.1, 0.15) is 10.7 Å². The van der Waals surface area contributed by atoms with Crippen LogP contribution in [0.5, 0.6) is 0 Å². The third-order valence-corrected chi connectivity index (χ3v) is 7.84. The van der Waals surface area contributed by atoms with Crippen LogP contribution < -0.4 is 5.56 Å². The van der Waals surface area contributed by atoms with Gasteiger partial charge in [-0.3, -0.25) is 4.79 Å². The van der Waals surface area contributed by atoms with Crippen LogP contribution >= 0.6 is 11.3 Å². The molecule has 0 unspecified atom stereocenters. The number of pyridine rings is 1. The van der Waals surface area contributed by atoms with Gasteiger partial charge in [0.15, 0.2) is 0 Å². The van der Waals surface area contributed by atoms with Crippen molar-refractivity contribution in [2.24, 2.45) is 0 Å². The van der Waals surface area contributed by atoms with Crippen LogP contribution in [0.2, 0.25) is 0 Å². The molecule has 0 spiro atoms. The highest BCUT2D eigenvalue weighted by Crippen LogP contribution is 2.37. The molecule has 0 N–H and O–H groups in total. The molecule has 0 fully saturated rings. The van der Waals surface area contributed by atoms with Gasteiger partial charge in [0.25, 0.3) is 5.56 Å². The predicted molar refractivity (Wildman–Crippen MR) is 160 cm³/mol. The molecule has 0 amide bonds.